The van der Waals surface area contributed by atoms with Crippen LogP contribution in [0, 0.1) is 0 Å². The first-order chi connectivity index (χ1) is 3.68. The second-order valence-electron chi connectivity index (χ2n) is 1.35. The summed E-state index contributed by atoms with van der Waals surface area (Å²) in [4.78, 5) is 0. The minimum atomic E-state index is -0.560. The highest BCUT2D eigenvalue weighted by atomic mass is 16.3. The molecule has 0 aromatic rings. The van der Waals surface area contributed by atoms with Gasteiger partial charge in [-0.05, 0) is 13.8 Å². The van der Waals surface area contributed by atoms with Gasteiger partial charge < -0.3 is 15.3 Å². The summed E-state index contributed by atoms with van der Waals surface area (Å²) in [5.41, 5.74) is 0. The molecule has 1 atom stereocenters. The molecule has 0 saturated carbocycles. The Morgan fingerprint density at radius 1 is 1.38 bits per heavy atom. The Bertz CT molecular complexity index is 28.9. The lowest BCUT2D eigenvalue weighted by Crippen LogP contribution is -2.03. The molecule has 52 valence electrons. The molecule has 0 aliphatic carbocycles. The first kappa shape index (κ1) is 10.8. The number of aliphatic hydroxyl groups excluding tert-OH is 3. The van der Waals surface area contributed by atoms with Gasteiger partial charge in [0.2, 0.25) is 0 Å². The molecule has 0 saturated heterocycles. The predicted octanol–water partition coefficient (Wildman–Crippen LogP) is -0.642. The van der Waals surface area contributed by atoms with Gasteiger partial charge in [-0.15, -0.1) is 0 Å². The van der Waals surface area contributed by atoms with Crippen molar-refractivity contribution in [2.24, 2.45) is 0 Å². The van der Waals surface area contributed by atoms with Gasteiger partial charge >= 0.3 is 0 Å². The Kier molecular flexibility index (Phi) is 13.5. The molecule has 8 heavy (non-hydrogen) atoms. The molecule has 0 rings (SSSR count). The standard InChI is InChI=1S/C3H8O2.C2H6O/c1-3(5)2-4;1-2-3/h3-5H,2H2,1H3;3H,2H2,1H3. The average molecular weight is 122 g/mol. The normalized spacial score (nSPS) is 11.6. The molecule has 0 heterocycles. The summed E-state index contributed by atoms with van der Waals surface area (Å²) in [5.74, 6) is 0. The fourth-order valence-electron chi connectivity index (χ4n) is 0. The molecule has 3 nitrogen and oxygen atoms in total. The van der Waals surface area contributed by atoms with Gasteiger partial charge in [-0.2, -0.15) is 0 Å². The maximum Gasteiger partial charge on any atom is 0.0742 e. The molecule has 0 radical (unpaired) electrons. The third-order valence-corrected chi connectivity index (χ3v) is 0.264. The van der Waals surface area contributed by atoms with E-state index in [2.05, 4.69) is 0 Å². The smallest absolute Gasteiger partial charge is 0.0742 e. The van der Waals surface area contributed by atoms with Crippen LogP contribution in [0.4, 0.5) is 0 Å². The van der Waals surface area contributed by atoms with Gasteiger partial charge in [0.05, 0.1) is 12.7 Å². The topological polar surface area (TPSA) is 60.7 Å². The van der Waals surface area contributed by atoms with Crippen molar-refractivity contribution in [1.82, 2.24) is 0 Å². The zero-order valence-electron chi connectivity index (χ0n) is 5.33. The highest BCUT2D eigenvalue weighted by Gasteiger charge is 1.83. The van der Waals surface area contributed by atoms with E-state index in [-0.39, 0.29) is 13.2 Å². The van der Waals surface area contributed by atoms with Crippen molar-refractivity contribution < 1.29 is 15.3 Å². The van der Waals surface area contributed by atoms with Gasteiger partial charge in [-0.1, -0.05) is 0 Å². The molecule has 0 aromatic carbocycles. The van der Waals surface area contributed by atoms with Crippen molar-refractivity contribution in [3.8, 4) is 0 Å². The van der Waals surface area contributed by atoms with Crippen molar-refractivity contribution in [3.63, 3.8) is 0 Å². The van der Waals surface area contributed by atoms with Crippen LogP contribution in [0.3, 0.4) is 0 Å². The van der Waals surface area contributed by atoms with Gasteiger partial charge in [0.25, 0.3) is 0 Å². The SMILES string of the molecule is CC(O)CO.CCO. The first-order valence-corrected chi connectivity index (χ1v) is 2.58. The summed E-state index contributed by atoms with van der Waals surface area (Å²) in [7, 11) is 0. The van der Waals surface area contributed by atoms with Crippen LogP contribution in [0.2, 0.25) is 0 Å². The van der Waals surface area contributed by atoms with Crippen LogP contribution in [-0.2, 0) is 0 Å². The van der Waals surface area contributed by atoms with Crippen molar-refractivity contribution in [1.29, 1.82) is 0 Å². The Labute approximate surface area is 49.6 Å². The van der Waals surface area contributed by atoms with Crippen LogP contribution in [0.15, 0.2) is 0 Å². The van der Waals surface area contributed by atoms with Crippen LogP contribution in [0.25, 0.3) is 0 Å². The summed E-state index contributed by atoms with van der Waals surface area (Å²) in [6.07, 6.45) is -0.560. The highest BCUT2D eigenvalue weighted by molar-refractivity contribution is 4.33. The van der Waals surface area contributed by atoms with E-state index in [0.717, 1.165) is 0 Å². The van der Waals surface area contributed by atoms with E-state index < -0.39 is 6.10 Å². The number of aliphatic hydroxyl groups is 3. The molecule has 3 N–H and O–H groups in total. The Balaban J connectivity index is 0. The second-order valence-corrected chi connectivity index (χ2v) is 1.35. The maximum absolute atomic E-state index is 8.11. The minimum absolute atomic E-state index is 0.139. The van der Waals surface area contributed by atoms with E-state index in [1.54, 1.807) is 6.92 Å². The summed E-state index contributed by atoms with van der Waals surface area (Å²) >= 11 is 0. The minimum Gasteiger partial charge on any atom is -0.397 e. The number of hydrogen-bond acceptors (Lipinski definition) is 3. The molecular weight excluding hydrogens is 108 g/mol. The third kappa shape index (κ3) is 39.6. The van der Waals surface area contributed by atoms with E-state index >= 15 is 0 Å². The zero-order valence-corrected chi connectivity index (χ0v) is 5.33. The van der Waals surface area contributed by atoms with Crippen molar-refractivity contribution in [2.45, 2.75) is 20.0 Å². The Hall–Kier alpha value is -0.120. The quantitative estimate of drug-likeness (QED) is 0.433. The summed E-state index contributed by atoms with van der Waals surface area (Å²) < 4.78 is 0. The molecule has 0 aliphatic rings. The molecular formula is C5H14O3. The Morgan fingerprint density at radius 3 is 1.50 bits per heavy atom. The number of hydrogen-bond donors (Lipinski definition) is 3. The monoisotopic (exact) mass is 122 g/mol. The predicted molar refractivity (Wildman–Crippen MR) is 31.5 cm³/mol. The largest absolute Gasteiger partial charge is 0.397 e. The Morgan fingerprint density at radius 2 is 1.50 bits per heavy atom. The molecule has 0 bridgehead atoms. The van der Waals surface area contributed by atoms with Crippen LogP contribution in [0.5, 0.6) is 0 Å². The van der Waals surface area contributed by atoms with Gasteiger partial charge in [0.15, 0.2) is 0 Å². The number of rotatable bonds is 1. The molecule has 1 unspecified atom stereocenters. The van der Waals surface area contributed by atoms with Gasteiger partial charge in [-0.3, -0.25) is 0 Å². The summed E-state index contributed by atoms with van der Waals surface area (Å²) in [6, 6.07) is 0. The molecule has 0 fully saturated rings. The van der Waals surface area contributed by atoms with E-state index in [0.29, 0.717) is 0 Å². The van der Waals surface area contributed by atoms with Crippen molar-refractivity contribution in [2.75, 3.05) is 13.2 Å². The van der Waals surface area contributed by atoms with Crippen LogP contribution >= 0.6 is 0 Å². The van der Waals surface area contributed by atoms with Crippen molar-refractivity contribution >= 4 is 0 Å². The molecule has 3 heteroatoms. The van der Waals surface area contributed by atoms with Crippen LogP contribution in [-0.4, -0.2) is 34.6 Å². The van der Waals surface area contributed by atoms with E-state index in [1.165, 1.54) is 6.92 Å². The lowest BCUT2D eigenvalue weighted by molar-refractivity contribution is 0.110. The van der Waals surface area contributed by atoms with Crippen LogP contribution in [0.1, 0.15) is 13.8 Å². The van der Waals surface area contributed by atoms with Gasteiger partial charge in [-0.25, -0.2) is 0 Å². The van der Waals surface area contributed by atoms with Crippen LogP contribution < -0.4 is 0 Å². The summed E-state index contributed by atoms with van der Waals surface area (Å²) in [5, 5.41) is 23.6. The molecule has 0 aliphatic heterocycles. The second kappa shape index (κ2) is 9.99. The highest BCUT2D eigenvalue weighted by Crippen LogP contribution is 1.68. The lowest BCUT2D eigenvalue weighted by atomic mass is 10.5. The van der Waals surface area contributed by atoms with E-state index in [4.69, 9.17) is 15.3 Å². The third-order valence-electron chi connectivity index (χ3n) is 0.264. The maximum atomic E-state index is 8.11. The van der Waals surface area contributed by atoms with Crippen molar-refractivity contribution in [3.05, 3.63) is 0 Å². The van der Waals surface area contributed by atoms with Gasteiger partial charge in [0.1, 0.15) is 0 Å². The molecule has 0 spiro atoms. The zero-order chi connectivity index (χ0) is 6.99. The fraction of sp³-hybridized carbons (Fsp3) is 1.00. The molecule has 0 amide bonds. The first-order valence-electron chi connectivity index (χ1n) is 2.58. The fourth-order valence-corrected chi connectivity index (χ4v) is 0. The van der Waals surface area contributed by atoms with Gasteiger partial charge in [0, 0.05) is 6.61 Å². The summed E-state index contributed by atoms with van der Waals surface area (Å²) in [6.45, 7) is 3.32. The average Bonchev–Trinajstić information content (AvgIpc) is 1.69. The van der Waals surface area contributed by atoms with E-state index in [1.807, 2.05) is 0 Å². The lowest BCUT2D eigenvalue weighted by Gasteiger charge is -1.90. The molecule has 0 aromatic heterocycles. The van der Waals surface area contributed by atoms with E-state index in [9.17, 15) is 0 Å².